The van der Waals surface area contributed by atoms with Gasteiger partial charge in [0.1, 0.15) is 5.33 Å². The van der Waals surface area contributed by atoms with Crippen molar-refractivity contribution >= 4 is 41.8 Å². The molecule has 0 aromatic heterocycles. The summed E-state index contributed by atoms with van der Waals surface area (Å²) in [5, 5.41) is -0.889. The molecule has 19 heavy (non-hydrogen) atoms. The van der Waals surface area contributed by atoms with E-state index in [0.29, 0.717) is 6.42 Å². The zero-order valence-electron chi connectivity index (χ0n) is 10.2. The minimum atomic E-state index is -0.889. The van der Waals surface area contributed by atoms with Gasteiger partial charge in [-0.05, 0) is 42.1 Å². The summed E-state index contributed by atoms with van der Waals surface area (Å²) in [6.45, 7) is 0. The van der Waals surface area contributed by atoms with E-state index in [1.807, 2.05) is 36.4 Å². The third kappa shape index (κ3) is 4.24. The first-order chi connectivity index (χ1) is 9.18. The van der Waals surface area contributed by atoms with Gasteiger partial charge in [-0.3, -0.25) is 4.79 Å². The molecule has 98 valence electrons. The van der Waals surface area contributed by atoms with Gasteiger partial charge < -0.3 is 0 Å². The Hall–Kier alpha value is -0.500. The molecule has 0 unspecified atom stereocenters. The molecule has 0 bridgehead atoms. The normalized spacial score (nSPS) is 10.9. The number of benzene rings is 2. The Morgan fingerprint density at radius 2 is 1.32 bits per heavy atom. The van der Waals surface area contributed by atoms with Gasteiger partial charge in [0.2, 0.25) is 0 Å². The van der Waals surface area contributed by atoms with Crippen LogP contribution in [0.15, 0.2) is 60.7 Å². The maximum atomic E-state index is 12.0. The van der Waals surface area contributed by atoms with Crippen LogP contribution in [0.3, 0.4) is 0 Å². The molecular weight excluding hydrogens is 387 g/mol. The summed E-state index contributed by atoms with van der Waals surface area (Å²) in [6.07, 6.45) is 0.510. The largest absolute Gasteiger partial charge is 0.293 e. The van der Waals surface area contributed by atoms with E-state index in [4.69, 9.17) is 0 Å². The molecule has 0 aliphatic carbocycles. The summed E-state index contributed by atoms with van der Waals surface area (Å²) in [7, 11) is 0. The van der Waals surface area contributed by atoms with Crippen molar-refractivity contribution in [2.45, 2.75) is 12.3 Å². The van der Waals surface area contributed by atoms with Crippen molar-refractivity contribution in [1.29, 1.82) is 0 Å². The molecule has 0 saturated heterocycles. The molecule has 0 aliphatic rings. The Morgan fingerprint density at radius 1 is 0.895 bits per heavy atom. The lowest BCUT2D eigenvalue weighted by atomic mass is 9.89. The number of carbonyl (C=O) groups excluding carboxylic acids is 1. The maximum Gasteiger partial charge on any atom is 0.177 e. The zero-order valence-corrected chi connectivity index (χ0v) is 14.2. The highest BCUT2D eigenvalue weighted by molar-refractivity contribution is 9.71. The fraction of sp³-hybridized carbons (Fsp3) is 0.133. The highest BCUT2D eigenvalue weighted by Crippen LogP contribution is 2.54. The Kier molecular flexibility index (Phi) is 5.75. The fourth-order valence-electron chi connectivity index (χ4n) is 2.04. The molecule has 0 aliphatic heterocycles. The van der Waals surface area contributed by atoms with Gasteiger partial charge in [-0.1, -0.05) is 60.7 Å². The highest BCUT2D eigenvalue weighted by atomic mass is 79.9. The SMILES string of the molecule is O=C(CC(c1ccccc1)c1ccccc1)P(Br)Br. The van der Waals surface area contributed by atoms with Crippen molar-refractivity contribution in [3.8, 4) is 0 Å². The molecule has 4 heteroatoms. The van der Waals surface area contributed by atoms with Gasteiger partial charge in [-0.25, -0.2) is 0 Å². The molecule has 0 atom stereocenters. The van der Waals surface area contributed by atoms with E-state index in [-0.39, 0.29) is 11.4 Å². The summed E-state index contributed by atoms with van der Waals surface area (Å²) in [6, 6.07) is 20.4. The van der Waals surface area contributed by atoms with Crippen LogP contribution in [0.2, 0.25) is 0 Å². The molecule has 0 amide bonds. The summed E-state index contributed by atoms with van der Waals surface area (Å²) in [5.41, 5.74) is 2.57. The Bertz CT molecular complexity index is 489. The second-order valence-corrected chi connectivity index (χ2v) is 12.3. The molecule has 0 saturated carbocycles. The van der Waals surface area contributed by atoms with Crippen LogP contribution in [0.1, 0.15) is 23.5 Å². The third-order valence-electron chi connectivity index (χ3n) is 2.97. The quantitative estimate of drug-likeness (QED) is 0.577. The smallest absolute Gasteiger partial charge is 0.177 e. The predicted octanol–water partition coefficient (Wildman–Crippen LogP) is 5.84. The molecule has 0 fully saturated rings. The van der Waals surface area contributed by atoms with Crippen LogP contribution in [-0.2, 0) is 4.79 Å². The van der Waals surface area contributed by atoms with E-state index in [9.17, 15) is 4.79 Å². The maximum absolute atomic E-state index is 12.0. The van der Waals surface area contributed by atoms with E-state index >= 15 is 0 Å². The molecule has 0 N–H and O–H groups in total. The van der Waals surface area contributed by atoms with E-state index in [2.05, 4.69) is 55.2 Å². The topological polar surface area (TPSA) is 17.1 Å². The van der Waals surface area contributed by atoms with Gasteiger partial charge >= 0.3 is 0 Å². The number of rotatable bonds is 5. The van der Waals surface area contributed by atoms with Crippen LogP contribution >= 0.6 is 36.3 Å². The van der Waals surface area contributed by atoms with Crippen molar-refractivity contribution in [1.82, 2.24) is 0 Å². The lowest BCUT2D eigenvalue weighted by Gasteiger charge is -2.17. The second-order valence-electron chi connectivity index (χ2n) is 4.20. The molecule has 2 aromatic carbocycles. The standard InChI is InChI=1S/C15H13Br2OP/c16-19(17)15(18)11-14(12-7-3-1-4-8-12)13-9-5-2-6-10-13/h1-10,14H,11H2. The van der Waals surface area contributed by atoms with Crippen LogP contribution in [0.25, 0.3) is 0 Å². The van der Waals surface area contributed by atoms with Crippen LogP contribution < -0.4 is 0 Å². The van der Waals surface area contributed by atoms with Crippen molar-refractivity contribution in [2.24, 2.45) is 0 Å². The minimum Gasteiger partial charge on any atom is -0.293 e. The lowest BCUT2D eigenvalue weighted by Crippen LogP contribution is -2.05. The summed E-state index contributed by atoms with van der Waals surface area (Å²) < 4.78 is 0. The van der Waals surface area contributed by atoms with Gasteiger partial charge in [0.25, 0.3) is 0 Å². The van der Waals surface area contributed by atoms with Crippen LogP contribution in [0.5, 0.6) is 0 Å². The monoisotopic (exact) mass is 398 g/mol. The average Bonchev–Trinajstić information content (AvgIpc) is 2.46. The molecule has 2 rings (SSSR count). The van der Waals surface area contributed by atoms with Crippen molar-refractivity contribution in [2.75, 3.05) is 0 Å². The first kappa shape index (κ1) is 14.9. The van der Waals surface area contributed by atoms with Crippen LogP contribution in [0.4, 0.5) is 0 Å². The van der Waals surface area contributed by atoms with E-state index in [1.54, 1.807) is 0 Å². The molecule has 1 nitrogen and oxygen atoms in total. The van der Waals surface area contributed by atoms with Gasteiger partial charge in [0.05, 0.1) is 0 Å². The number of carbonyl (C=O) groups is 1. The number of halogens is 2. The Balaban J connectivity index is 2.32. The molecular formula is C15H13Br2OP. The van der Waals surface area contributed by atoms with Gasteiger partial charge in [0.15, 0.2) is 5.52 Å². The van der Waals surface area contributed by atoms with Crippen molar-refractivity contribution < 1.29 is 4.79 Å². The van der Waals surface area contributed by atoms with Crippen molar-refractivity contribution in [3.63, 3.8) is 0 Å². The summed E-state index contributed by atoms with van der Waals surface area (Å²) >= 11 is 6.69. The van der Waals surface area contributed by atoms with Gasteiger partial charge in [0, 0.05) is 12.3 Å². The van der Waals surface area contributed by atoms with Crippen LogP contribution in [-0.4, -0.2) is 5.52 Å². The average molecular weight is 400 g/mol. The first-order valence-corrected chi connectivity index (χ1v) is 11.3. The Morgan fingerprint density at radius 3 is 1.68 bits per heavy atom. The molecule has 0 radical (unpaired) electrons. The first-order valence-electron chi connectivity index (χ1n) is 5.93. The van der Waals surface area contributed by atoms with E-state index in [0.717, 1.165) is 0 Å². The fourth-order valence-corrected chi connectivity index (χ4v) is 3.23. The number of hydrogen-bond donors (Lipinski definition) is 0. The Labute approximate surface area is 130 Å². The van der Waals surface area contributed by atoms with Gasteiger partial charge in [-0.2, -0.15) is 0 Å². The molecule has 0 heterocycles. The molecule has 0 spiro atoms. The lowest BCUT2D eigenvalue weighted by molar-refractivity contribution is -0.111. The summed E-state index contributed by atoms with van der Waals surface area (Å²) in [4.78, 5) is 12.0. The van der Waals surface area contributed by atoms with E-state index < -0.39 is 5.33 Å². The summed E-state index contributed by atoms with van der Waals surface area (Å²) in [5.74, 6) is 0.120. The highest BCUT2D eigenvalue weighted by Gasteiger charge is 2.21. The third-order valence-corrected chi connectivity index (χ3v) is 5.90. The number of hydrogen-bond acceptors (Lipinski definition) is 1. The second kappa shape index (κ2) is 7.33. The zero-order chi connectivity index (χ0) is 13.7. The predicted molar refractivity (Wildman–Crippen MR) is 89.1 cm³/mol. The van der Waals surface area contributed by atoms with Crippen molar-refractivity contribution in [3.05, 3.63) is 71.8 Å². The van der Waals surface area contributed by atoms with Crippen LogP contribution in [0, 0.1) is 0 Å². The van der Waals surface area contributed by atoms with Gasteiger partial charge in [-0.15, -0.1) is 0 Å². The minimum absolute atomic E-state index is 0.120. The van der Waals surface area contributed by atoms with E-state index in [1.165, 1.54) is 11.1 Å². The molecule has 2 aromatic rings.